The lowest BCUT2D eigenvalue weighted by Gasteiger charge is -2.53. The third-order valence-electron chi connectivity index (χ3n) is 5.96. The molecule has 1 aliphatic carbocycles. The summed E-state index contributed by atoms with van der Waals surface area (Å²) in [5.74, 6) is 1.19. The maximum absolute atomic E-state index is 6.16. The van der Waals surface area contributed by atoms with Gasteiger partial charge in [-0.15, -0.1) is 0 Å². The molecule has 136 valence electrons. The number of fused-ring (bicyclic) bond motifs is 1. The molecule has 2 aromatic rings. The van der Waals surface area contributed by atoms with Crippen LogP contribution in [0.1, 0.15) is 37.7 Å². The Hall–Kier alpha value is -2.00. The Labute approximate surface area is 161 Å². The van der Waals surface area contributed by atoms with Crippen molar-refractivity contribution < 1.29 is 0 Å². The van der Waals surface area contributed by atoms with E-state index in [2.05, 4.69) is 54.2 Å². The summed E-state index contributed by atoms with van der Waals surface area (Å²) in [5, 5.41) is 0.773. The van der Waals surface area contributed by atoms with Gasteiger partial charge in [0, 0.05) is 19.1 Å². The van der Waals surface area contributed by atoms with Gasteiger partial charge in [-0.3, -0.25) is 4.99 Å². The van der Waals surface area contributed by atoms with Crippen molar-refractivity contribution in [1.29, 1.82) is 0 Å². The van der Waals surface area contributed by atoms with E-state index in [-0.39, 0.29) is 5.54 Å². The van der Waals surface area contributed by atoms with Gasteiger partial charge in [0.25, 0.3) is 0 Å². The van der Waals surface area contributed by atoms with Crippen molar-refractivity contribution in [2.24, 2.45) is 4.99 Å². The van der Waals surface area contributed by atoms with Crippen molar-refractivity contribution in [2.75, 3.05) is 23.9 Å². The van der Waals surface area contributed by atoms with Crippen LogP contribution in [0.4, 0.5) is 11.4 Å². The van der Waals surface area contributed by atoms with Gasteiger partial charge < -0.3 is 9.80 Å². The summed E-state index contributed by atoms with van der Waals surface area (Å²) in [6.45, 7) is 0.665. The van der Waals surface area contributed by atoms with E-state index in [4.69, 9.17) is 16.6 Å². The Kier molecular flexibility index (Phi) is 4.66. The molecule has 4 heteroatoms. The molecule has 1 aliphatic heterocycles. The van der Waals surface area contributed by atoms with E-state index in [0.717, 1.165) is 23.4 Å². The SMILES string of the molecule is CN1/C(=N/Cc2cccc(Cl)c2)C2(CCCCC2)N(C)c2ccccc21. The van der Waals surface area contributed by atoms with Crippen molar-refractivity contribution in [1.82, 2.24) is 0 Å². The molecule has 0 atom stereocenters. The van der Waals surface area contributed by atoms with Gasteiger partial charge in [-0.2, -0.15) is 0 Å². The van der Waals surface area contributed by atoms with E-state index in [0.29, 0.717) is 6.54 Å². The minimum Gasteiger partial charge on any atom is -0.360 e. The Bertz CT molecular complexity index is 824. The molecule has 26 heavy (non-hydrogen) atoms. The zero-order chi connectivity index (χ0) is 18.1. The Morgan fingerprint density at radius 2 is 1.69 bits per heavy atom. The van der Waals surface area contributed by atoms with Crippen LogP contribution in [-0.2, 0) is 6.54 Å². The van der Waals surface area contributed by atoms with E-state index >= 15 is 0 Å². The van der Waals surface area contributed by atoms with Crippen LogP contribution in [-0.4, -0.2) is 25.5 Å². The lowest BCUT2D eigenvalue weighted by Crippen LogP contribution is -2.62. The number of benzene rings is 2. The summed E-state index contributed by atoms with van der Waals surface area (Å²) in [4.78, 5) is 9.94. The lowest BCUT2D eigenvalue weighted by molar-refractivity contribution is 0.360. The number of likely N-dealkylation sites (N-methyl/N-ethyl adjacent to an activating group) is 2. The number of rotatable bonds is 2. The molecule has 0 unspecified atom stereocenters. The fourth-order valence-corrected chi connectivity index (χ4v) is 4.80. The van der Waals surface area contributed by atoms with Crippen LogP contribution in [0.3, 0.4) is 0 Å². The van der Waals surface area contributed by atoms with E-state index in [1.807, 2.05) is 18.2 Å². The van der Waals surface area contributed by atoms with Crippen LogP contribution in [0.15, 0.2) is 53.5 Å². The molecule has 0 saturated heterocycles. The molecule has 1 fully saturated rings. The summed E-state index contributed by atoms with van der Waals surface area (Å²) >= 11 is 6.16. The number of hydrogen-bond donors (Lipinski definition) is 0. The summed E-state index contributed by atoms with van der Waals surface area (Å²) in [7, 11) is 4.41. The van der Waals surface area contributed by atoms with E-state index in [1.54, 1.807) is 0 Å². The monoisotopic (exact) mass is 367 g/mol. The number of nitrogens with zero attached hydrogens (tertiary/aromatic N) is 3. The molecule has 2 aromatic carbocycles. The van der Waals surface area contributed by atoms with Crippen LogP contribution >= 0.6 is 11.6 Å². The molecule has 1 heterocycles. The highest BCUT2D eigenvalue weighted by atomic mass is 35.5. The van der Waals surface area contributed by atoms with Crippen molar-refractivity contribution in [3.63, 3.8) is 0 Å². The van der Waals surface area contributed by atoms with Crippen LogP contribution in [0.25, 0.3) is 0 Å². The number of halogens is 1. The van der Waals surface area contributed by atoms with Gasteiger partial charge in [-0.05, 0) is 42.7 Å². The smallest absolute Gasteiger partial charge is 0.130 e. The largest absolute Gasteiger partial charge is 0.360 e. The molecule has 4 rings (SSSR count). The molecule has 0 bridgehead atoms. The predicted octanol–water partition coefficient (Wildman–Crippen LogP) is 5.53. The molecule has 3 nitrogen and oxygen atoms in total. The fourth-order valence-electron chi connectivity index (χ4n) is 4.59. The summed E-state index contributed by atoms with van der Waals surface area (Å²) < 4.78 is 0. The minimum absolute atomic E-state index is 0.0000711. The van der Waals surface area contributed by atoms with Gasteiger partial charge in [0.05, 0.1) is 23.5 Å². The number of amidine groups is 1. The maximum atomic E-state index is 6.16. The Morgan fingerprint density at radius 1 is 0.962 bits per heavy atom. The van der Waals surface area contributed by atoms with Gasteiger partial charge in [0.2, 0.25) is 0 Å². The quantitative estimate of drug-likeness (QED) is 0.695. The zero-order valence-corrected chi connectivity index (χ0v) is 16.3. The molecular formula is C22H26ClN3. The van der Waals surface area contributed by atoms with E-state index in [9.17, 15) is 0 Å². The lowest BCUT2D eigenvalue weighted by atomic mass is 9.77. The summed E-state index contributed by atoms with van der Waals surface area (Å²) in [6, 6.07) is 16.7. The Balaban J connectivity index is 1.78. The van der Waals surface area contributed by atoms with Crippen LogP contribution in [0.5, 0.6) is 0 Å². The first kappa shape index (κ1) is 17.4. The van der Waals surface area contributed by atoms with Gasteiger partial charge in [0.15, 0.2) is 0 Å². The number of anilines is 2. The second-order valence-electron chi connectivity index (χ2n) is 7.47. The van der Waals surface area contributed by atoms with Gasteiger partial charge >= 0.3 is 0 Å². The molecule has 1 saturated carbocycles. The third-order valence-corrected chi connectivity index (χ3v) is 6.20. The third kappa shape index (κ3) is 2.88. The van der Waals surface area contributed by atoms with E-state index < -0.39 is 0 Å². The molecule has 0 amide bonds. The van der Waals surface area contributed by atoms with Crippen molar-refractivity contribution in [3.8, 4) is 0 Å². The van der Waals surface area contributed by atoms with Gasteiger partial charge in [-0.1, -0.05) is 55.1 Å². The highest BCUT2D eigenvalue weighted by Crippen LogP contribution is 2.45. The average Bonchev–Trinajstić information content (AvgIpc) is 2.67. The number of aliphatic imine (C=N–C) groups is 1. The molecule has 0 N–H and O–H groups in total. The minimum atomic E-state index is -0.0000711. The highest BCUT2D eigenvalue weighted by Gasteiger charge is 2.47. The highest BCUT2D eigenvalue weighted by molar-refractivity contribution is 6.30. The summed E-state index contributed by atoms with van der Waals surface area (Å²) in [5.41, 5.74) is 3.69. The first-order valence-corrected chi connectivity index (χ1v) is 9.86. The number of para-hydroxylation sites is 2. The van der Waals surface area contributed by atoms with Crippen LogP contribution in [0, 0.1) is 0 Å². The topological polar surface area (TPSA) is 18.8 Å². The first-order valence-electron chi connectivity index (χ1n) is 9.48. The molecule has 2 aliphatic rings. The van der Waals surface area contributed by atoms with Gasteiger partial charge in [-0.25, -0.2) is 0 Å². The fraction of sp³-hybridized carbons (Fsp3) is 0.409. The maximum Gasteiger partial charge on any atom is 0.130 e. The van der Waals surface area contributed by atoms with Crippen LogP contribution < -0.4 is 9.80 Å². The normalized spacial score (nSPS) is 20.5. The number of hydrogen-bond acceptors (Lipinski definition) is 2. The average molecular weight is 368 g/mol. The van der Waals surface area contributed by atoms with E-state index in [1.165, 1.54) is 36.5 Å². The standard InChI is InChI=1S/C22H26ClN3/c1-25-19-11-4-5-12-20(19)26(2)22(13-6-3-7-14-22)21(25)24-16-17-9-8-10-18(23)15-17/h4-5,8-12,15H,3,6-7,13-14,16H2,1-2H3/b24-21+. The van der Waals surface area contributed by atoms with Crippen molar-refractivity contribution in [2.45, 2.75) is 44.2 Å². The van der Waals surface area contributed by atoms with Crippen molar-refractivity contribution in [3.05, 3.63) is 59.1 Å². The molecular weight excluding hydrogens is 342 g/mol. The second kappa shape index (κ2) is 6.96. The van der Waals surface area contributed by atoms with Crippen LogP contribution in [0.2, 0.25) is 5.02 Å². The van der Waals surface area contributed by atoms with Gasteiger partial charge in [0.1, 0.15) is 5.84 Å². The summed E-state index contributed by atoms with van der Waals surface area (Å²) in [6.07, 6.45) is 6.17. The second-order valence-corrected chi connectivity index (χ2v) is 7.91. The molecule has 0 radical (unpaired) electrons. The van der Waals surface area contributed by atoms with Crippen molar-refractivity contribution >= 4 is 28.8 Å². The predicted molar refractivity (Wildman–Crippen MR) is 112 cm³/mol. The first-order chi connectivity index (χ1) is 12.6. The molecule has 0 aromatic heterocycles. The zero-order valence-electron chi connectivity index (χ0n) is 15.6. The Morgan fingerprint density at radius 3 is 2.42 bits per heavy atom. The molecule has 1 spiro atoms.